The molecule has 1 fully saturated rings. The molecular weight excluding hydrogens is 192 g/mol. The Balaban J connectivity index is 1.89. The van der Waals surface area contributed by atoms with Crippen molar-refractivity contribution >= 4 is 11.9 Å². The van der Waals surface area contributed by atoms with Crippen LogP contribution >= 0.6 is 11.9 Å². The summed E-state index contributed by atoms with van der Waals surface area (Å²) in [5.74, 6) is 0. The molecule has 0 spiro atoms. The van der Waals surface area contributed by atoms with Gasteiger partial charge in [-0.05, 0) is 36.9 Å². The van der Waals surface area contributed by atoms with Crippen LogP contribution in [0.3, 0.4) is 0 Å². The Hall–Kier alpha value is -0.800. The van der Waals surface area contributed by atoms with Crippen molar-refractivity contribution in [2.45, 2.75) is 17.7 Å². The summed E-state index contributed by atoms with van der Waals surface area (Å²) in [7, 11) is 0. The molecule has 0 bridgehead atoms. The molecular formula is C11H14N2S. The van der Waals surface area contributed by atoms with Gasteiger partial charge in [0, 0.05) is 30.4 Å². The van der Waals surface area contributed by atoms with Gasteiger partial charge in [-0.3, -0.25) is 4.98 Å². The number of nitrogens with zero attached hydrogens (tertiary/aromatic N) is 2. The summed E-state index contributed by atoms with van der Waals surface area (Å²) < 4.78 is 2.38. The Morgan fingerprint density at radius 3 is 2.79 bits per heavy atom. The Kier molecular flexibility index (Phi) is 3.22. The number of piperidine rings is 1. The number of rotatable bonds is 2. The average Bonchev–Trinajstić information content (AvgIpc) is 2.23. The van der Waals surface area contributed by atoms with E-state index in [0.717, 1.165) is 25.9 Å². The molecule has 0 saturated carbocycles. The molecule has 0 N–H and O–H groups in total. The summed E-state index contributed by atoms with van der Waals surface area (Å²) in [5.41, 5.74) is 1.38. The first-order valence-electron chi connectivity index (χ1n) is 4.84. The van der Waals surface area contributed by atoms with Gasteiger partial charge in [-0.25, -0.2) is 4.31 Å². The minimum atomic E-state index is 1.11. The predicted octanol–water partition coefficient (Wildman–Crippen LogP) is 2.74. The normalized spacial score (nSPS) is 18.4. The van der Waals surface area contributed by atoms with E-state index in [-0.39, 0.29) is 0 Å². The third-order valence-corrected chi connectivity index (χ3v) is 3.37. The van der Waals surface area contributed by atoms with Crippen molar-refractivity contribution in [2.75, 3.05) is 13.1 Å². The molecule has 14 heavy (non-hydrogen) atoms. The highest BCUT2D eigenvalue weighted by Gasteiger charge is 2.13. The fourth-order valence-electron chi connectivity index (χ4n) is 1.44. The van der Waals surface area contributed by atoms with Crippen LogP contribution < -0.4 is 0 Å². The maximum atomic E-state index is 4.10. The topological polar surface area (TPSA) is 16.1 Å². The molecule has 0 atom stereocenters. The molecule has 0 radical (unpaired) electrons. The molecule has 0 amide bonds. The third-order valence-electron chi connectivity index (χ3n) is 2.30. The Morgan fingerprint density at radius 1 is 1.36 bits per heavy atom. The van der Waals surface area contributed by atoms with Gasteiger partial charge in [0.2, 0.25) is 0 Å². The molecule has 1 aromatic rings. The number of aromatic nitrogens is 1. The van der Waals surface area contributed by atoms with Crippen LogP contribution in [0, 0.1) is 0 Å². The fraction of sp³-hybridized carbons (Fsp3) is 0.364. The summed E-state index contributed by atoms with van der Waals surface area (Å²) >= 11 is 1.80. The lowest BCUT2D eigenvalue weighted by molar-refractivity contribution is 0.435. The van der Waals surface area contributed by atoms with Crippen LogP contribution in [0.5, 0.6) is 0 Å². The van der Waals surface area contributed by atoms with Crippen molar-refractivity contribution in [1.29, 1.82) is 0 Å². The summed E-state index contributed by atoms with van der Waals surface area (Å²) in [5, 5.41) is 0. The van der Waals surface area contributed by atoms with Gasteiger partial charge in [-0.1, -0.05) is 12.2 Å². The van der Waals surface area contributed by atoms with Crippen molar-refractivity contribution < 1.29 is 0 Å². The summed E-state index contributed by atoms with van der Waals surface area (Å²) in [6.45, 7) is 6.23. The quantitative estimate of drug-likeness (QED) is 0.547. The second-order valence-electron chi connectivity index (χ2n) is 3.46. The van der Waals surface area contributed by atoms with Crippen molar-refractivity contribution in [2.24, 2.45) is 0 Å². The SMILES string of the molecule is C=C1CCN(Sc2cccnc2)CC1. The van der Waals surface area contributed by atoms with E-state index in [1.165, 1.54) is 10.5 Å². The van der Waals surface area contributed by atoms with E-state index in [4.69, 9.17) is 0 Å². The van der Waals surface area contributed by atoms with E-state index >= 15 is 0 Å². The highest BCUT2D eigenvalue weighted by atomic mass is 32.2. The van der Waals surface area contributed by atoms with Crippen molar-refractivity contribution in [1.82, 2.24) is 9.29 Å². The predicted molar refractivity (Wildman–Crippen MR) is 60.0 cm³/mol. The maximum absolute atomic E-state index is 4.10. The largest absolute Gasteiger partial charge is 0.264 e. The summed E-state index contributed by atoms with van der Waals surface area (Å²) in [6, 6.07) is 4.08. The zero-order valence-corrected chi connectivity index (χ0v) is 8.96. The van der Waals surface area contributed by atoms with Crippen LogP contribution in [-0.2, 0) is 0 Å². The van der Waals surface area contributed by atoms with Gasteiger partial charge < -0.3 is 0 Å². The lowest BCUT2D eigenvalue weighted by atomic mass is 10.1. The first kappa shape index (κ1) is 9.74. The minimum absolute atomic E-state index is 1.11. The second-order valence-corrected chi connectivity index (χ2v) is 4.63. The highest BCUT2D eigenvalue weighted by molar-refractivity contribution is 7.97. The molecule has 2 rings (SSSR count). The average molecular weight is 206 g/mol. The maximum Gasteiger partial charge on any atom is 0.0417 e. The molecule has 1 aliphatic rings. The van der Waals surface area contributed by atoms with E-state index in [2.05, 4.69) is 21.9 Å². The van der Waals surface area contributed by atoms with E-state index in [9.17, 15) is 0 Å². The molecule has 1 aliphatic heterocycles. The molecule has 3 heteroatoms. The van der Waals surface area contributed by atoms with Gasteiger partial charge in [-0.2, -0.15) is 0 Å². The molecule has 1 saturated heterocycles. The van der Waals surface area contributed by atoms with Crippen LogP contribution in [0.15, 0.2) is 41.6 Å². The number of pyridine rings is 1. The van der Waals surface area contributed by atoms with Crippen LogP contribution in [0.2, 0.25) is 0 Å². The third kappa shape index (κ3) is 2.59. The van der Waals surface area contributed by atoms with Crippen molar-refractivity contribution in [3.05, 3.63) is 36.7 Å². The Bertz CT molecular complexity index is 300. The minimum Gasteiger partial charge on any atom is -0.264 e. The lowest BCUT2D eigenvalue weighted by Gasteiger charge is -2.26. The van der Waals surface area contributed by atoms with Gasteiger partial charge in [0.05, 0.1) is 0 Å². The molecule has 0 aromatic carbocycles. The monoisotopic (exact) mass is 206 g/mol. The fourth-order valence-corrected chi connectivity index (χ4v) is 2.35. The molecule has 1 aromatic heterocycles. The number of hydrogen-bond acceptors (Lipinski definition) is 3. The molecule has 2 nitrogen and oxygen atoms in total. The standard InChI is InChI=1S/C11H14N2S/c1-10-4-7-13(8-5-10)14-11-3-2-6-12-9-11/h2-3,6,9H,1,4-5,7-8H2. The van der Waals surface area contributed by atoms with Crippen molar-refractivity contribution in [3.63, 3.8) is 0 Å². The van der Waals surface area contributed by atoms with Crippen LogP contribution in [0.4, 0.5) is 0 Å². The molecule has 0 aliphatic carbocycles. The van der Waals surface area contributed by atoms with Crippen LogP contribution in [-0.4, -0.2) is 22.4 Å². The van der Waals surface area contributed by atoms with Gasteiger partial charge in [0.25, 0.3) is 0 Å². The molecule has 0 unspecified atom stereocenters. The van der Waals surface area contributed by atoms with Crippen LogP contribution in [0.25, 0.3) is 0 Å². The Morgan fingerprint density at radius 2 is 2.14 bits per heavy atom. The summed E-state index contributed by atoms with van der Waals surface area (Å²) in [4.78, 5) is 5.32. The van der Waals surface area contributed by atoms with Crippen molar-refractivity contribution in [3.8, 4) is 0 Å². The zero-order valence-electron chi connectivity index (χ0n) is 8.15. The van der Waals surface area contributed by atoms with Gasteiger partial charge in [0.1, 0.15) is 0 Å². The summed E-state index contributed by atoms with van der Waals surface area (Å²) in [6.07, 6.45) is 5.98. The van der Waals surface area contributed by atoms with Gasteiger partial charge >= 0.3 is 0 Å². The van der Waals surface area contributed by atoms with Crippen LogP contribution in [0.1, 0.15) is 12.8 Å². The van der Waals surface area contributed by atoms with E-state index in [1.807, 2.05) is 18.5 Å². The highest BCUT2D eigenvalue weighted by Crippen LogP contribution is 2.26. The lowest BCUT2D eigenvalue weighted by Crippen LogP contribution is -2.23. The van der Waals surface area contributed by atoms with E-state index < -0.39 is 0 Å². The first-order valence-corrected chi connectivity index (χ1v) is 5.61. The second kappa shape index (κ2) is 4.62. The Labute approximate surface area is 89.2 Å². The van der Waals surface area contributed by atoms with Gasteiger partial charge in [0.15, 0.2) is 0 Å². The van der Waals surface area contributed by atoms with E-state index in [1.54, 1.807) is 11.9 Å². The first-order chi connectivity index (χ1) is 6.84. The molecule has 2 heterocycles. The molecule has 74 valence electrons. The smallest absolute Gasteiger partial charge is 0.0417 e. The van der Waals surface area contributed by atoms with Gasteiger partial charge in [-0.15, -0.1) is 0 Å². The number of hydrogen-bond donors (Lipinski definition) is 0. The van der Waals surface area contributed by atoms with E-state index in [0.29, 0.717) is 0 Å². The zero-order chi connectivity index (χ0) is 9.80.